The number of esters is 1. The van der Waals surface area contributed by atoms with Gasteiger partial charge in [0.25, 0.3) is 5.91 Å². The highest BCUT2D eigenvalue weighted by Crippen LogP contribution is 2.19. The number of ether oxygens (including phenoxy) is 2. The number of hydrazone groups is 1. The summed E-state index contributed by atoms with van der Waals surface area (Å²) in [7, 11) is 0. The first-order valence-corrected chi connectivity index (χ1v) is 9.68. The average Bonchev–Trinajstić information content (AvgIpc) is 2.79. The molecule has 0 heterocycles. The van der Waals surface area contributed by atoms with E-state index in [4.69, 9.17) is 21.1 Å². The van der Waals surface area contributed by atoms with Crippen LogP contribution in [0.25, 0.3) is 0 Å². The molecule has 0 aliphatic rings. The molecule has 0 spiro atoms. The van der Waals surface area contributed by atoms with Crippen molar-refractivity contribution in [2.75, 3.05) is 6.61 Å². The SMILES string of the molecule is C=CCOc1ccc(C(=O)N/N=C/c2ccc(OC(=O)c3ccccc3Cl)cc2)cc1. The van der Waals surface area contributed by atoms with Crippen molar-refractivity contribution in [2.24, 2.45) is 5.10 Å². The maximum atomic E-state index is 12.2. The van der Waals surface area contributed by atoms with Crippen LogP contribution >= 0.6 is 11.6 Å². The van der Waals surface area contributed by atoms with Crippen molar-refractivity contribution >= 4 is 29.7 Å². The molecular weight excluding hydrogens is 416 g/mol. The number of carbonyl (C=O) groups is 2. The van der Waals surface area contributed by atoms with Gasteiger partial charge in [0.05, 0.1) is 16.8 Å². The van der Waals surface area contributed by atoms with Gasteiger partial charge in [0.2, 0.25) is 0 Å². The Hall–Kier alpha value is -3.90. The molecule has 6 nitrogen and oxygen atoms in total. The number of rotatable bonds is 8. The third-order valence-electron chi connectivity index (χ3n) is 4.05. The Bertz CT molecular complexity index is 1090. The number of hydrogen-bond acceptors (Lipinski definition) is 5. The Kier molecular flexibility index (Phi) is 7.56. The molecule has 3 aromatic carbocycles. The van der Waals surface area contributed by atoms with E-state index in [9.17, 15) is 9.59 Å². The normalized spacial score (nSPS) is 10.5. The molecule has 0 fully saturated rings. The molecule has 0 aliphatic carbocycles. The molecule has 0 aromatic heterocycles. The standard InChI is InChI=1S/C24H19ClN2O4/c1-2-15-30-19-13-9-18(10-14-19)23(28)27-26-16-17-7-11-20(12-8-17)31-24(29)21-5-3-4-6-22(21)25/h2-14,16H,1,15H2,(H,27,28)/b26-16+. The zero-order chi connectivity index (χ0) is 22.1. The first kappa shape index (κ1) is 21.8. The number of nitrogens with zero attached hydrogens (tertiary/aromatic N) is 1. The minimum absolute atomic E-state index is 0.290. The highest BCUT2D eigenvalue weighted by atomic mass is 35.5. The summed E-state index contributed by atoms with van der Waals surface area (Å²) < 4.78 is 10.7. The number of halogens is 1. The van der Waals surface area contributed by atoms with Gasteiger partial charge in [-0.25, -0.2) is 10.2 Å². The summed E-state index contributed by atoms with van der Waals surface area (Å²) in [5.41, 5.74) is 3.91. The Morgan fingerprint density at radius 2 is 1.65 bits per heavy atom. The molecule has 1 N–H and O–H groups in total. The zero-order valence-electron chi connectivity index (χ0n) is 16.5. The largest absolute Gasteiger partial charge is 0.490 e. The van der Waals surface area contributed by atoms with Gasteiger partial charge in [-0.05, 0) is 66.2 Å². The third-order valence-corrected chi connectivity index (χ3v) is 4.38. The monoisotopic (exact) mass is 434 g/mol. The van der Waals surface area contributed by atoms with E-state index in [1.165, 1.54) is 6.21 Å². The lowest BCUT2D eigenvalue weighted by atomic mass is 10.2. The van der Waals surface area contributed by atoms with Gasteiger partial charge in [0.1, 0.15) is 18.1 Å². The zero-order valence-corrected chi connectivity index (χ0v) is 17.2. The topological polar surface area (TPSA) is 77.0 Å². The molecular formula is C24H19ClN2O4. The predicted octanol–water partition coefficient (Wildman–Crippen LogP) is 4.89. The number of amides is 1. The van der Waals surface area contributed by atoms with Crippen LogP contribution in [0.5, 0.6) is 11.5 Å². The number of carbonyl (C=O) groups excluding carboxylic acids is 2. The van der Waals surface area contributed by atoms with Crippen molar-refractivity contribution < 1.29 is 19.1 Å². The molecule has 0 saturated heterocycles. The average molecular weight is 435 g/mol. The van der Waals surface area contributed by atoms with Crippen LogP contribution in [-0.4, -0.2) is 24.7 Å². The van der Waals surface area contributed by atoms with E-state index in [-0.39, 0.29) is 11.5 Å². The van der Waals surface area contributed by atoms with E-state index in [1.54, 1.807) is 78.9 Å². The second-order valence-corrected chi connectivity index (χ2v) is 6.67. The van der Waals surface area contributed by atoms with Crippen LogP contribution < -0.4 is 14.9 Å². The van der Waals surface area contributed by atoms with Gasteiger partial charge < -0.3 is 9.47 Å². The summed E-state index contributed by atoms with van der Waals surface area (Å²) in [4.78, 5) is 24.3. The summed E-state index contributed by atoms with van der Waals surface area (Å²) in [6.45, 7) is 3.98. The maximum Gasteiger partial charge on any atom is 0.345 e. The highest BCUT2D eigenvalue weighted by Gasteiger charge is 2.12. The third kappa shape index (κ3) is 6.29. The lowest BCUT2D eigenvalue weighted by Crippen LogP contribution is -2.17. The molecule has 156 valence electrons. The van der Waals surface area contributed by atoms with Crippen molar-refractivity contribution in [3.8, 4) is 11.5 Å². The van der Waals surface area contributed by atoms with Crippen LogP contribution in [0.3, 0.4) is 0 Å². The quantitative estimate of drug-likeness (QED) is 0.180. The molecule has 0 aliphatic heterocycles. The summed E-state index contributed by atoms with van der Waals surface area (Å²) in [6, 6.07) is 20.0. The maximum absolute atomic E-state index is 12.2. The van der Waals surface area contributed by atoms with Crippen LogP contribution in [0.15, 0.2) is 90.6 Å². The minimum Gasteiger partial charge on any atom is -0.490 e. The molecule has 0 bridgehead atoms. The summed E-state index contributed by atoms with van der Waals surface area (Å²) in [5.74, 6) is 0.122. The molecule has 7 heteroatoms. The Morgan fingerprint density at radius 1 is 0.968 bits per heavy atom. The lowest BCUT2D eigenvalue weighted by molar-refractivity contribution is 0.0734. The second kappa shape index (κ2) is 10.8. The van der Waals surface area contributed by atoms with Crippen molar-refractivity contribution in [1.82, 2.24) is 5.43 Å². The van der Waals surface area contributed by atoms with E-state index in [1.807, 2.05) is 0 Å². The smallest absolute Gasteiger partial charge is 0.345 e. The van der Waals surface area contributed by atoms with E-state index >= 15 is 0 Å². The van der Waals surface area contributed by atoms with Crippen LogP contribution in [0.1, 0.15) is 26.3 Å². The summed E-state index contributed by atoms with van der Waals surface area (Å²) in [6.07, 6.45) is 3.13. The van der Waals surface area contributed by atoms with E-state index < -0.39 is 5.97 Å². The Balaban J connectivity index is 1.53. The number of nitrogens with one attached hydrogen (secondary N) is 1. The predicted molar refractivity (Wildman–Crippen MR) is 120 cm³/mol. The van der Waals surface area contributed by atoms with Crippen molar-refractivity contribution in [2.45, 2.75) is 0 Å². The van der Waals surface area contributed by atoms with Gasteiger partial charge in [-0.2, -0.15) is 5.10 Å². The van der Waals surface area contributed by atoms with Gasteiger partial charge in [-0.3, -0.25) is 4.79 Å². The number of hydrogen-bond donors (Lipinski definition) is 1. The van der Waals surface area contributed by atoms with Gasteiger partial charge in [-0.1, -0.05) is 36.4 Å². The van der Waals surface area contributed by atoms with Crippen molar-refractivity contribution in [3.63, 3.8) is 0 Å². The van der Waals surface area contributed by atoms with Crippen LogP contribution in [0.2, 0.25) is 5.02 Å². The van der Waals surface area contributed by atoms with Crippen LogP contribution in [0, 0.1) is 0 Å². The van der Waals surface area contributed by atoms with E-state index in [2.05, 4.69) is 17.1 Å². The summed E-state index contributed by atoms with van der Waals surface area (Å²) in [5, 5.41) is 4.27. The van der Waals surface area contributed by atoms with Crippen LogP contribution in [-0.2, 0) is 0 Å². The molecule has 3 aromatic rings. The molecule has 1 amide bonds. The molecule has 0 radical (unpaired) electrons. The molecule has 0 unspecified atom stereocenters. The number of benzene rings is 3. The van der Waals surface area contributed by atoms with Crippen molar-refractivity contribution in [1.29, 1.82) is 0 Å². The van der Waals surface area contributed by atoms with Gasteiger partial charge in [-0.15, -0.1) is 0 Å². The molecule has 31 heavy (non-hydrogen) atoms. The van der Waals surface area contributed by atoms with Gasteiger partial charge >= 0.3 is 5.97 Å². The lowest BCUT2D eigenvalue weighted by Gasteiger charge is -2.06. The fourth-order valence-electron chi connectivity index (χ4n) is 2.50. The minimum atomic E-state index is -0.541. The van der Waals surface area contributed by atoms with Crippen molar-refractivity contribution in [3.05, 3.63) is 107 Å². The van der Waals surface area contributed by atoms with E-state index in [0.29, 0.717) is 34.3 Å². The molecule has 0 atom stereocenters. The second-order valence-electron chi connectivity index (χ2n) is 6.26. The Labute approximate surface area is 184 Å². The fraction of sp³-hybridized carbons (Fsp3) is 0.0417. The van der Waals surface area contributed by atoms with Crippen LogP contribution in [0.4, 0.5) is 0 Å². The van der Waals surface area contributed by atoms with Gasteiger partial charge in [0, 0.05) is 5.56 Å². The molecule has 0 saturated carbocycles. The first-order valence-electron chi connectivity index (χ1n) is 9.31. The fourth-order valence-corrected chi connectivity index (χ4v) is 2.71. The first-order chi connectivity index (χ1) is 15.1. The summed E-state index contributed by atoms with van der Waals surface area (Å²) >= 11 is 6.00. The van der Waals surface area contributed by atoms with E-state index in [0.717, 1.165) is 0 Å². The van der Waals surface area contributed by atoms with Gasteiger partial charge in [0.15, 0.2) is 0 Å². The highest BCUT2D eigenvalue weighted by molar-refractivity contribution is 6.33. The Morgan fingerprint density at radius 3 is 2.32 bits per heavy atom. The molecule has 3 rings (SSSR count).